The van der Waals surface area contributed by atoms with Gasteiger partial charge < -0.3 is 10.3 Å². The molecule has 1 aromatic heterocycles. The van der Waals surface area contributed by atoms with Crippen LogP contribution in [0, 0.1) is 0 Å². The molecule has 0 aliphatic rings. The molecule has 0 aliphatic carbocycles. The minimum atomic E-state index is 0.343. The molecule has 78 valence electrons. The van der Waals surface area contributed by atoms with Gasteiger partial charge in [0.25, 0.3) is 0 Å². The highest BCUT2D eigenvalue weighted by Crippen LogP contribution is 2.25. The Bertz CT molecular complexity index is 443. The maximum atomic E-state index is 6.04. The molecule has 1 heterocycles. The number of nitrogens with zero attached hydrogens (tertiary/aromatic N) is 2. The average Bonchev–Trinajstić information content (AvgIpc) is 2.61. The van der Waals surface area contributed by atoms with Crippen molar-refractivity contribution in [3.05, 3.63) is 36.7 Å². The van der Waals surface area contributed by atoms with E-state index < -0.39 is 0 Å². The summed E-state index contributed by atoms with van der Waals surface area (Å²) < 4.78 is 1.97. The van der Waals surface area contributed by atoms with E-state index in [1.54, 1.807) is 6.33 Å². The van der Waals surface area contributed by atoms with Crippen LogP contribution >= 0.6 is 0 Å². The van der Waals surface area contributed by atoms with Crippen LogP contribution in [0.5, 0.6) is 0 Å². The second-order valence-electron chi connectivity index (χ2n) is 3.85. The van der Waals surface area contributed by atoms with E-state index in [0.29, 0.717) is 6.04 Å². The van der Waals surface area contributed by atoms with E-state index >= 15 is 0 Å². The lowest BCUT2D eigenvalue weighted by Crippen LogP contribution is -2.04. The molecule has 0 fully saturated rings. The van der Waals surface area contributed by atoms with Gasteiger partial charge in [-0.25, -0.2) is 4.98 Å². The van der Waals surface area contributed by atoms with Crippen LogP contribution < -0.4 is 5.73 Å². The highest BCUT2D eigenvalue weighted by atomic mass is 15.1. The van der Waals surface area contributed by atoms with Crippen LogP contribution in [0.25, 0.3) is 11.3 Å². The van der Waals surface area contributed by atoms with Crippen molar-refractivity contribution in [1.82, 2.24) is 9.55 Å². The lowest BCUT2D eigenvalue weighted by atomic mass is 10.1. The number of aromatic nitrogens is 2. The Kier molecular flexibility index (Phi) is 2.46. The molecule has 0 unspecified atom stereocenters. The van der Waals surface area contributed by atoms with Crippen LogP contribution in [-0.4, -0.2) is 9.55 Å². The Morgan fingerprint density at radius 2 is 1.87 bits per heavy atom. The molecule has 0 saturated carbocycles. The van der Waals surface area contributed by atoms with Crippen molar-refractivity contribution in [3.8, 4) is 11.3 Å². The Hall–Kier alpha value is -1.77. The third-order valence-electron chi connectivity index (χ3n) is 2.44. The summed E-state index contributed by atoms with van der Waals surface area (Å²) in [6.45, 7) is 4.18. The SMILES string of the molecule is CC(C)n1cnc(-c2ccccc2)c1N. The van der Waals surface area contributed by atoms with Crippen molar-refractivity contribution < 1.29 is 0 Å². The Labute approximate surface area is 89.6 Å². The third kappa shape index (κ3) is 1.73. The molecule has 2 rings (SSSR count). The van der Waals surface area contributed by atoms with E-state index in [2.05, 4.69) is 18.8 Å². The molecule has 0 aliphatic heterocycles. The highest BCUT2D eigenvalue weighted by molar-refractivity contribution is 5.70. The van der Waals surface area contributed by atoms with E-state index in [-0.39, 0.29) is 0 Å². The lowest BCUT2D eigenvalue weighted by Gasteiger charge is -2.08. The number of hydrogen-bond donors (Lipinski definition) is 1. The molecular formula is C12H15N3. The molecule has 0 bridgehead atoms. The minimum absolute atomic E-state index is 0.343. The molecule has 3 nitrogen and oxygen atoms in total. The number of nitrogen functional groups attached to an aromatic ring is 1. The fourth-order valence-corrected chi connectivity index (χ4v) is 1.60. The van der Waals surface area contributed by atoms with Gasteiger partial charge in [-0.15, -0.1) is 0 Å². The largest absolute Gasteiger partial charge is 0.383 e. The van der Waals surface area contributed by atoms with E-state index in [4.69, 9.17) is 5.73 Å². The van der Waals surface area contributed by atoms with Gasteiger partial charge in [-0.1, -0.05) is 30.3 Å². The first kappa shape index (κ1) is 9.77. The first-order chi connectivity index (χ1) is 7.20. The fourth-order valence-electron chi connectivity index (χ4n) is 1.60. The first-order valence-corrected chi connectivity index (χ1v) is 5.08. The fraction of sp³-hybridized carbons (Fsp3) is 0.250. The Morgan fingerprint density at radius 3 is 2.40 bits per heavy atom. The van der Waals surface area contributed by atoms with Crippen LogP contribution in [0.1, 0.15) is 19.9 Å². The molecule has 2 aromatic rings. The predicted octanol–water partition coefficient (Wildman–Crippen LogP) is 2.71. The standard InChI is InChI=1S/C12H15N3/c1-9(2)15-8-14-11(12(15)13)10-6-4-3-5-7-10/h3-9H,13H2,1-2H3. The molecule has 3 heteroatoms. The quantitative estimate of drug-likeness (QED) is 0.811. The van der Waals surface area contributed by atoms with Crippen molar-refractivity contribution >= 4 is 5.82 Å². The van der Waals surface area contributed by atoms with E-state index in [1.807, 2.05) is 34.9 Å². The zero-order valence-electron chi connectivity index (χ0n) is 9.01. The van der Waals surface area contributed by atoms with Crippen molar-refractivity contribution in [3.63, 3.8) is 0 Å². The summed E-state index contributed by atoms with van der Waals surface area (Å²) in [6, 6.07) is 10.3. The number of anilines is 1. The van der Waals surface area contributed by atoms with Crippen molar-refractivity contribution in [1.29, 1.82) is 0 Å². The lowest BCUT2D eigenvalue weighted by molar-refractivity contribution is 0.607. The average molecular weight is 201 g/mol. The molecule has 0 saturated heterocycles. The molecule has 0 amide bonds. The van der Waals surface area contributed by atoms with E-state index in [1.165, 1.54) is 0 Å². The minimum Gasteiger partial charge on any atom is -0.383 e. The maximum Gasteiger partial charge on any atom is 0.131 e. The molecular weight excluding hydrogens is 186 g/mol. The van der Waals surface area contributed by atoms with Gasteiger partial charge in [0.1, 0.15) is 11.5 Å². The summed E-state index contributed by atoms with van der Waals surface area (Å²) in [7, 11) is 0. The second-order valence-corrected chi connectivity index (χ2v) is 3.85. The molecule has 0 radical (unpaired) electrons. The molecule has 0 atom stereocenters. The van der Waals surface area contributed by atoms with Crippen molar-refractivity contribution in [2.24, 2.45) is 0 Å². The molecule has 0 spiro atoms. The van der Waals surface area contributed by atoms with Crippen molar-refractivity contribution in [2.75, 3.05) is 5.73 Å². The second kappa shape index (κ2) is 3.77. The number of rotatable bonds is 2. The smallest absolute Gasteiger partial charge is 0.131 e. The van der Waals surface area contributed by atoms with Crippen LogP contribution in [0.3, 0.4) is 0 Å². The van der Waals surface area contributed by atoms with Gasteiger partial charge in [0.2, 0.25) is 0 Å². The van der Waals surface area contributed by atoms with Crippen LogP contribution in [0.15, 0.2) is 36.7 Å². The topological polar surface area (TPSA) is 43.8 Å². The van der Waals surface area contributed by atoms with E-state index in [9.17, 15) is 0 Å². The normalized spacial score (nSPS) is 10.9. The molecule has 15 heavy (non-hydrogen) atoms. The first-order valence-electron chi connectivity index (χ1n) is 5.08. The van der Waals surface area contributed by atoms with Crippen LogP contribution in [-0.2, 0) is 0 Å². The number of imidazole rings is 1. The summed E-state index contributed by atoms with van der Waals surface area (Å²) in [5.41, 5.74) is 7.97. The number of nitrogens with two attached hydrogens (primary N) is 1. The predicted molar refractivity (Wildman–Crippen MR) is 62.5 cm³/mol. The number of benzene rings is 1. The maximum absolute atomic E-state index is 6.04. The summed E-state index contributed by atoms with van der Waals surface area (Å²) in [4.78, 5) is 4.35. The summed E-state index contributed by atoms with van der Waals surface area (Å²) >= 11 is 0. The van der Waals surface area contributed by atoms with Crippen molar-refractivity contribution in [2.45, 2.75) is 19.9 Å². The molecule has 1 aromatic carbocycles. The van der Waals surface area contributed by atoms with Gasteiger partial charge in [-0.05, 0) is 13.8 Å². The molecule has 2 N–H and O–H groups in total. The van der Waals surface area contributed by atoms with Gasteiger partial charge >= 0.3 is 0 Å². The zero-order valence-corrected chi connectivity index (χ0v) is 9.01. The highest BCUT2D eigenvalue weighted by Gasteiger charge is 2.10. The summed E-state index contributed by atoms with van der Waals surface area (Å²) in [5, 5.41) is 0. The summed E-state index contributed by atoms with van der Waals surface area (Å²) in [5.74, 6) is 0.733. The Balaban J connectivity index is 2.47. The van der Waals surface area contributed by atoms with Gasteiger partial charge in [0.15, 0.2) is 0 Å². The van der Waals surface area contributed by atoms with Gasteiger partial charge in [0, 0.05) is 11.6 Å². The van der Waals surface area contributed by atoms with Gasteiger partial charge in [0.05, 0.1) is 6.33 Å². The van der Waals surface area contributed by atoms with Crippen LogP contribution in [0.2, 0.25) is 0 Å². The third-order valence-corrected chi connectivity index (χ3v) is 2.44. The summed E-state index contributed by atoms with van der Waals surface area (Å²) in [6.07, 6.45) is 1.79. The van der Waals surface area contributed by atoms with Crippen LogP contribution in [0.4, 0.5) is 5.82 Å². The number of hydrogen-bond acceptors (Lipinski definition) is 2. The van der Waals surface area contributed by atoms with Gasteiger partial charge in [-0.2, -0.15) is 0 Å². The zero-order chi connectivity index (χ0) is 10.8. The Morgan fingerprint density at radius 1 is 1.20 bits per heavy atom. The van der Waals surface area contributed by atoms with E-state index in [0.717, 1.165) is 17.1 Å². The van der Waals surface area contributed by atoms with Gasteiger partial charge in [-0.3, -0.25) is 0 Å². The monoisotopic (exact) mass is 201 g/mol.